The second-order valence-corrected chi connectivity index (χ2v) is 4.23. The summed E-state index contributed by atoms with van der Waals surface area (Å²) in [6.45, 7) is 0.793. The fourth-order valence-electron chi connectivity index (χ4n) is 2.27. The summed E-state index contributed by atoms with van der Waals surface area (Å²) in [7, 11) is 0. The molecule has 0 fully saturated rings. The van der Waals surface area contributed by atoms with Gasteiger partial charge in [0.25, 0.3) is 0 Å². The largest absolute Gasteiger partial charge is 0.493 e. The van der Waals surface area contributed by atoms with Crippen molar-refractivity contribution in [3.63, 3.8) is 0 Å². The zero-order valence-corrected chi connectivity index (χ0v) is 9.10. The van der Waals surface area contributed by atoms with Crippen LogP contribution in [0, 0.1) is 0 Å². The summed E-state index contributed by atoms with van der Waals surface area (Å²) in [5.41, 5.74) is 2.69. The molecule has 0 N–H and O–H groups in total. The predicted molar refractivity (Wildman–Crippen MR) is 64.8 cm³/mol. The Bertz CT molecular complexity index is 476. The van der Waals surface area contributed by atoms with E-state index in [9.17, 15) is 0 Å². The number of para-hydroxylation sites is 1. The first-order valence-electron chi connectivity index (χ1n) is 5.69. The second kappa shape index (κ2) is 4.01. The molecule has 1 aliphatic heterocycles. The molecular weight excluding hydrogens is 196 g/mol. The molecule has 1 nitrogen and oxygen atoms in total. The van der Waals surface area contributed by atoms with Crippen molar-refractivity contribution >= 4 is 0 Å². The molecule has 0 saturated heterocycles. The first kappa shape index (κ1) is 9.46. The summed E-state index contributed by atoms with van der Waals surface area (Å²) in [6.07, 6.45) is 1.08. The van der Waals surface area contributed by atoms with Crippen LogP contribution in [0.5, 0.6) is 5.75 Å². The summed E-state index contributed by atoms with van der Waals surface area (Å²) in [4.78, 5) is 0. The van der Waals surface area contributed by atoms with Crippen molar-refractivity contribution in [2.75, 3.05) is 6.61 Å². The molecule has 80 valence electrons. The molecule has 1 atom stereocenters. The maximum absolute atomic E-state index is 5.79. The molecule has 0 saturated carbocycles. The highest BCUT2D eigenvalue weighted by Crippen LogP contribution is 2.31. The lowest BCUT2D eigenvalue weighted by Crippen LogP contribution is -2.18. The molecule has 2 aromatic carbocycles. The lowest BCUT2D eigenvalue weighted by molar-refractivity contribution is 0.262. The zero-order valence-electron chi connectivity index (χ0n) is 9.10. The maximum Gasteiger partial charge on any atom is 0.122 e. The van der Waals surface area contributed by atoms with Crippen LogP contribution in [0.15, 0.2) is 54.6 Å². The average Bonchev–Trinajstić information content (AvgIpc) is 2.39. The van der Waals surface area contributed by atoms with E-state index in [2.05, 4.69) is 48.5 Å². The maximum atomic E-state index is 5.79. The van der Waals surface area contributed by atoms with Crippen LogP contribution in [0.1, 0.15) is 17.0 Å². The van der Waals surface area contributed by atoms with Gasteiger partial charge in [-0.2, -0.15) is 0 Å². The minimum absolute atomic E-state index is 0.496. The quantitative estimate of drug-likeness (QED) is 0.701. The molecule has 1 heteroatoms. The van der Waals surface area contributed by atoms with Gasteiger partial charge in [-0.1, -0.05) is 48.5 Å². The van der Waals surface area contributed by atoms with Crippen LogP contribution >= 0.6 is 0 Å². The van der Waals surface area contributed by atoms with Gasteiger partial charge in [0.2, 0.25) is 0 Å². The van der Waals surface area contributed by atoms with E-state index in [1.54, 1.807) is 0 Å². The van der Waals surface area contributed by atoms with Crippen LogP contribution in [0.2, 0.25) is 0 Å². The van der Waals surface area contributed by atoms with Gasteiger partial charge in [-0.3, -0.25) is 0 Å². The Kier molecular flexibility index (Phi) is 2.37. The molecule has 0 aromatic heterocycles. The molecule has 2 aromatic rings. The molecule has 1 aliphatic rings. The molecule has 0 amide bonds. The number of fused-ring (bicyclic) bond motifs is 1. The normalized spacial score (nSPS) is 18.6. The van der Waals surface area contributed by atoms with Crippen LogP contribution < -0.4 is 4.74 Å². The number of rotatable bonds is 1. The van der Waals surface area contributed by atoms with Gasteiger partial charge in [0.05, 0.1) is 6.61 Å². The fourth-order valence-corrected chi connectivity index (χ4v) is 2.27. The highest BCUT2D eigenvalue weighted by molar-refractivity contribution is 5.37. The summed E-state index contributed by atoms with van der Waals surface area (Å²) in [6, 6.07) is 18.9. The Morgan fingerprint density at radius 1 is 0.875 bits per heavy atom. The third kappa shape index (κ3) is 1.69. The monoisotopic (exact) mass is 210 g/mol. The van der Waals surface area contributed by atoms with Crippen LogP contribution in [0.25, 0.3) is 0 Å². The van der Waals surface area contributed by atoms with E-state index < -0.39 is 0 Å². The van der Waals surface area contributed by atoms with E-state index in [-0.39, 0.29) is 0 Å². The summed E-state index contributed by atoms with van der Waals surface area (Å²) in [5, 5.41) is 0. The minimum atomic E-state index is 0.496. The van der Waals surface area contributed by atoms with Crippen molar-refractivity contribution in [2.24, 2.45) is 0 Å². The Hall–Kier alpha value is -1.76. The Balaban J connectivity index is 1.89. The SMILES string of the molecule is c1ccc([C@@H]2COc3ccccc3C2)cc1. The second-order valence-electron chi connectivity index (χ2n) is 4.23. The average molecular weight is 210 g/mol. The first-order chi connectivity index (χ1) is 7.93. The van der Waals surface area contributed by atoms with Crippen molar-refractivity contribution in [3.8, 4) is 5.75 Å². The van der Waals surface area contributed by atoms with Crippen molar-refractivity contribution in [1.82, 2.24) is 0 Å². The van der Waals surface area contributed by atoms with E-state index in [4.69, 9.17) is 4.74 Å². The standard InChI is InChI=1S/C15H14O/c1-2-6-12(7-3-1)14-10-13-8-4-5-9-15(13)16-11-14/h1-9,14H,10-11H2/t14-/m0/s1. The van der Waals surface area contributed by atoms with E-state index in [0.29, 0.717) is 5.92 Å². The van der Waals surface area contributed by atoms with E-state index in [1.165, 1.54) is 11.1 Å². The number of ether oxygens (including phenoxy) is 1. The van der Waals surface area contributed by atoms with Gasteiger partial charge in [-0.15, -0.1) is 0 Å². The molecule has 0 aliphatic carbocycles. The topological polar surface area (TPSA) is 9.23 Å². The Morgan fingerprint density at radius 2 is 1.62 bits per heavy atom. The fraction of sp³-hybridized carbons (Fsp3) is 0.200. The van der Waals surface area contributed by atoms with E-state index in [0.717, 1.165) is 18.8 Å². The molecule has 1 heterocycles. The highest BCUT2D eigenvalue weighted by atomic mass is 16.5. The van der Waals surface area contributed by atoms with Crippen molar-refractivity contribution in [1.29, 1.82) is 0 Å². The predicted octanol–water partition coefficient (Wildman–Crippen LogP) is 3.41. The van der Waals surface area contributed by atoms with Crippen LogP contribution in [-0.4, -0.2) is 6.61 Å². The summed E-state index contributed by atoms with van der Waals surface area (Å²) >= 11 is 0. The number of benzene rings is 2. The first-order valence-corrected chi connectivity index (χ1v) is 5.69. The minimum Gasteiger partial charge on any atom is -0.493 e. The van der Waals surface area contributed by atoms with Gasteiger partial charge < -0.3 is 4.74 Å². The van der Waals surface area contributed by atoms with Gasteiger partial charge in [0.15, 0.2) is 0 Å². The summed E-state index contributed by atoms with van der Waals surface area (Å²) < 4.78 is 5.79. The molecule has 0 unspecified atom stereocenters. The van der Waals surface area contributed by atoms with Crippen LogP contribution in [-0.2, 0) is 6.42 Å². The van der Waals surface area contributed by atoms with Gasteiger partial charge in [-0.25, -0.2) is 0 Å². The van der Waals surface area contributed by atoms with Gasteiger partial charge in [-0.05, 0) is 23.6 Å². The van der Waals surface area contributed by atoms with Crippen molar-refractivity contribution in [2.45, 2.75) is 12.3 Å². The van der Waals surface area contributed by atoms with Gasteiger partial charge >= 0.3 is 0 Å². The van der Waals surface area contributed by atoms with Gasteiger partial charge in [0.1, 0.15) is 5.75 Å². The number of hydrogen-bond donors (Lipinski definition) is 0. The van der Waals surface area contributed by atoms with Crippen molar-refractivity contribution in [3.05, 3.63) is 65.7 Å². The van der Waals surface area contributed by atoms with Crippen LogP contribution in [0.4, 0.5) is 0 Å². The Morgan fingerprint density at radius 3 is 2.50 bits per heavy atom. The molecular formula is C15H14O. The lowest BCUT2D eigenvalue weighted by atomic mass is 9.90. The number of hydrogen-bond acceptors (Lipinski definition) is 1. The molecule has 0 spiro atoms. The third-order valence-corrected chi connectivity index (χ3v) is 3.15. The van der Waals surface area contributed by atoms with E-state index >= 15 is 0 Å². The molecule has 16 heavy (non-hydrogen) atoms. The smallest absolute Gasteiger partial charge is 0.122 e. The molecule has 0 bridgehead atoms. The highest BCUT2D eigenvalue weighted by Gasteiger charge is 2.20. The lowest BCUT2D eigenvalue weighted by Gasteiger charge is -2.25. The molecule has 3 rings (SSSR count). The van der Waals surface area contributed by atoms with E-state index in [1.807, 2.05) is 6.07 Å². The van der Waals surface area contributed by atoms with Crippen molar-refractivity contribution < 1.29 is 4.74 Å². The molecule has 0 radical (unpaired) electrons. The van der Waals surface area contributed by atoms with Crippen LogP contribution in [0.3, 0.4) is 0 Å². The third-order valence-electron chi connectivity index (χ3n) is 3.15. The summed E-state index contributed by atoms with van der Waals surface area (Å²) in [5.74, 6) is 1.55. The Labute approximate surface area is 95.7 Å². The zero-order chi connectivity index (χ0) is 10.8. The van der Waals surface area contributed by atoms with Gasteiger partial charge in [0, 0.05) is 5.92 Å².